The van der Waals surface area contributed by atoms with Gasteiger partial charge in [0.1, 0.15) is 0 Å². The van der Waals surface area contributed by atoms with Crippen LogP contribution in [-0.4, -0.2) is 38.5 Å². The van der Waals surface area contributed by atoms with Crippen LogP contribution in [0.1, 0.15) is 6.92 Å². The topological polar surface area (TPSA) is 70.2 Å². The summed E-state index contributed by atoms with van der Waals surface area (Å²) in [6.07, 6.45) is 0. The number of nitrogens with one attached hydrogen (secondary N) is 3. The lowest BCUT2D eigenvalue weighted by atomic mass is 10.5. The smallest absolute Gasteiger partial charge is 0.239 e. The fourth-order valence-corrected chi connectivity index (χ4v) is 0.594. The van der Waals surface area contributed by atoms with Crippen LogP contribution >= 0.6 is 0 Å². The van der Waals surface area contributed by atoms with E-state index in [1.807, 2.05) is 0 Å². The molecule has 0 fully saturated rings. The molecule has 0 aromatic carbocycles. The van der Waals surface area contributed by atoms with Crippen molar-refractivity contribution in [1.29, 1.82) is 0 Å². The largest absolute Gasteiger partial charge is 0.353 e. The van der Waals surface area contributed by atoms with Crippen molar-refractivity contribution in [2.24, 2.45) is 0 Å². The van der Waals surface area contributed by atoms with E-state index in [0.29, 0.717) is 6.54 Å². The fourth-order valence-electron chi connectivity index (χ4n) is 0.594. The van der Waals surface area contributed by atoms with E-state index in [4.69, 9.17) is 0 Å². The van der Waals surface area contributed by atoms with Gasteiger partial charge in [-0.3, -0.25) is 9.59 Å². The van der Waals surface area contributed by atoms with Crippen LogP contribution in [0.25, 0.3) is 0 Å². The first kappa shape index (κ1) is 10.9. The number of likely N-dealkylation sites (N-methyl/N-ethyl adjacent to an activating group) is 1. The molecule has 0 aliphatic carbocycles. The predicted octanol–water partition coefficient (Wildman–Crippen LogP) is -1.54. The van der Waals surface area contributed by atoms with Crippen LogP contribution in [0.2, 0.25) is 0 Å². The monoisotopic (exact) mass is 173 g/mol. The molecule has 0 atom stereocenters. The Balaban J connectivity index is 3.28. The molecule has 0 saturated heterocycles. The third-order valence-corrected chi connectivity index (χ3v) is 1.20. The highest BCUT2D eigenvalue weighted by molar-refractivity contribution is 5.83. The molecule has 5 heteroatoms. The Kier molecular flexibility index (Phi) is 6.00. The van der Waals surface area contributed by atoms with Crippen LogP contribution in [-0.2, 0) is 9.59 Å². The van der Waals surface area contributed by atoms with E-state index in [1.165, 1.54) is 6.92 Å². The van der Waals surface area contributed by atoms with Gasteiger partial charge in [-0.2, -0.15) is 0 Å². The molecule has 2 amide bonds. The number of carbonyl (C=O) groups is 2. The van der Waals surface area contributed by atoms with Crippen LogP contribution < -0.4 is 16.0 Å². The van der Waals surface area contributed by atoms with E-state index in [-0.39, 0.29) is 18.4 Å². The summed E-state index contributed by atoms with van der Waals surface area (Å²) in [5.74, 6) is -0.362. The zero-order valence-electron chi connectivity index (χ0n) is 7.44. The maximum Gasteiger partial charge on any atom is 0.239 e. The molecule has 0 aromatic rings. The third-order valence-electron chi connectivity index (χ3n) is 1.20. The van der Waals surface area contributed by atoms with Gasteiger partial charge in [0.25, 0.3) is 0 Å². The van der Waals surface area contributed by atoms with Crippen molar-refractivity contribution in [2.75, 3.05) is 26.7 Å². The van der Waals surface area contributed by atoms with Crippen LogP contribution in [0, 0.1) is 0 Å². The Hall–Kier alpha value is -1.10. The second kappa shape index (κ2) is 6.60. The van der Waals surface area contributed by atoms with Gasteiger partial charge in [0.2, 0.25) is 11.8 Å². The minimum Gasteiger partial charge on any atom is -0.353 e. The molecular formula is C7H15N3O2. The van der Waals surface area contributed by atoms with Gasteiger partial charge >= 0.3 is 0 Å². The van der Waals surface area contributed by atoms with Gasteiger partial charge in [-0.25, -0.2) is 0 Å². The van der Waals surface area contributed by atoms with Gasteiger partial charge in [0.05, 0.1) is 6.54 Å². The standard InChI is InChI=1S/C7H15N3O2/c1-6(11)10-5-7(12)9-4-3-8-2/h8H,3-5H2,1-2H3,(H,9,12)(H,10,11). The molecule has 0 radical (unpaired) electrons. The molecule has 0 rings (SSSR count). The first-order chi connectivity index (χ1) is 5.66. The Morgan fingerprint density at radius 1 is 1.17 bits per heavy atom. The predicted molar refractivity (Wildman–Crippen MR) is 45.6 cm³/mol. The summed E-state index contributed by atoms with van der Waals surface area (Å²) in [7, 11) is 1.81. The minimum atomic E-state index is -0.196. The number of amides is 2. The van der Waals surface area contributed by atoms with E-state index >= 15 is 0 Å². The van der Waals surface area contributed by atoms with Crippen LogP contribution in [0.3, 0.4) is 0 Å². The second-order valence-electron chi connectivity index (χ2n) is 2.36. The molecule has 0 saturated carbocycles. The second-order valence-corrected chi connectivity index (χ2v) is 2.36. The highest BCUT2D eigenvalue weighted by Gasteiger charge is 1.99. The van der Waals surface area contributed by atoms with Crippen molar-refractivity contribution >= 4 is 11.8 Å². The van der Waals surface area contributed by atoms with E-state index in [1.54, 1.807) is 7.05 Å². The lowest BCUT2D eigenvalue weighted by molar-refractivity contribution is -0.125. The van der Waals surface area contributed by atoms with E-state index < -0.39 is 0 Å². The van der Waals surface area contributed by atoms with Gasteiger partial charge in [-0.15, -0.1) is 0 Å². The Morgan fingerprint density at radius 2 is 1.83 bits per heavy atom. The molecule has 12 heavy (non-hydrogen) atoms. The van der Waals surface area contributed by atoms with Crippen molar-refractivity contribution in [3.8, 4) is 0 Å². The SMILES string of the molecule is CNCCNC(=O)CNC(C)=O. The highest BCUT2D eigenvalue weighted by Crippen LogP contribution is 1.64. The maximum atomic E-state index is 10.9. The minimum absolute atomic E-state index is 0.0546. The zero-order chi connectivity index (χ0) is 9.40. The Labute approximate surface area is 71.9 Å². The number of carbonyl (C=O) groups excluding carboxylic acids is 2. The quantitative estimate of drug-likeness (QED) is 0.441. The van der Waals surface area contributed by atoms with Gasteiger partial charge in [0.15, 0.2) is 0 Å². The molecule has 3 N–H and O–H groups in total. The first-order valence-electron chi connectivity index (χ1n) is 3.82. The first-order valence-corrected chi connectivity index (χ1v) is 3.82. The molecule has 0 heterocycles. The van der Waals surface area contributed by atoms with E-state index in [9.17, 15) is 9.59 Å². The number of hydrogen-bond donors (Lipinski definition) is 3. The summed E-state index contributed by atoms with van der Waals surface area (Å²) in [6, 6.07) is 0. The van der Waals surface area contributed by atoms with E-state index in [2.05, 4.69) is 16.0 Å². The van der Waals surface area contributed by atoms with Crippen molar-refractivity contribution in [3.63, 3.8) is 0 Å². The van der Waals surface area contributed by atoms with E-state index in [0.717, 1.165) is 6.54 Å². The molecule has 0 aliphatic heterocycles. The van der Waals surface area contributed by atoms with Gasteiger partial charge < -0.3 is 16.0 Å². The molecule has 5 nitrogen and oxygen atoms in total. The summed E-state index contributed by atoms with van der Waals surface area (Å²) in [4.78, 5) is 21.2. The molecule has 0 spiro atoms. The molecule has 0 aromatic heterocycles. The molecule has 0 aliphatic rings. The lowest BCUT2D eigenvalue weighted by Crippen LogP contribution is -2.38. The average molecular weight is 173 g/mol. The van der Waals surface area contributed by atoms with Crippen LogP contribution in [0.4, 0.5) is 0 Å². The van der Waals surface area contributed by atoms with Crippen molar-refractivity contribution in [1.82, 2.24) is 16.0 Å². The van der Waals surface area contributed by atoms with Crippen molar-refractivity contribution in [2.45, 2.75) is 6.92 Å². The summed E-state index contributed by atoms with van der Waals surface area (Å²) in [6.45, 7) is 2.74. The van der Waals surface area contributed by atoms with Gasteiger partial charge in [0, 0.05) is 20.0 Å². The normalized spacial score (nSPS) is 9.17. The van der Waals surface area contributed by atoms with Gasteiger partial charge in [-0.05, 0) is 7.05 Å². The molecule has 0 bridgehead atoms. The average Bonchev–Trinajstić information content (AvgIpc) is 2.01. The fraction of sp³-hybridized carbons (Fsp3) is 0.714. The number of rotatable bonds is 5. The van der Waals surface area contributed by atoms with Gasteiger partial charge in [-0.1, -0.05) is 0 Å². The highest BCUT2D eigenvalue weighted by atomic mass is 16.2. The van der Waals surface area contributed by atoms with Crippen LogP contribution in [0.5, 0.6) is 0 Å². The van der Waals surface area contributed by atoms with Crippen molar-refractivity contribution < 1.29 is 9.59 Å². The summed E-state index contributed by atoms with van der Waals surface area (Å²) in [5, 5.41) is 7.91. The third kappa shape index (κ3) is 7.01. The van der Waals surface area contributed by atoms with Crippen molar-refractivity contribution in [3.05, 3.63) is 0 Å². The maximum absolute atomic E-state index is 10.9. The molecular weight excluding hydrogens is 158 g/mol. The van der Waals surface area contributed by atoms with Crippen LogP contribution in [0.15, 0.2) is 0 Å². The summed E-state index contributed by atoms with van der Waals surface area (Å²) >= 11 is 0. The molecule has 0 unspecified atom stereocenters. The Bertz CT molecular complexity index is 159. The summed E-state index contributed by atoms with van der Waals surface area (Å²) in [5.41, 5.74) is 0. The number of hydrogen-bond acceptors (Lipinski definition) is 3. The Morgan fingerprint density at radius 3 is 2.33 bits per heavy atom. The lowest BCUT2D eigenvalue weighted by Gasteiger charge is -2.04. The summed E-state index contributed by atoms with van der Waals surface area (Å²) < 4.78 is 0. The zero-order valence-corrected chi connectivity index (χ0v) is 7.44. The molecule has 70 valence electrons.